The van der Waals surface area contributed by atoms with E-state index in [4.69, 9.17) is 4.74 Å². The van der Waals surface area contributed by atoms with Crippen LogP contribution in [0, 0.1) is 0 Å². The Morgan fingerprint density at radius 2 is 2.10 bits per heavy atom. The predicted molar refractivity (Wildman–Crippen MR) is 70.7 cm³/mol. The highest BCUT2D eigenvalue weighted by molar-refractivity contribution is 7.12. The van der Waals surface area contributed by atoms with E-state index in [1.54, 1.807) is 24.3 Å². The van der Waals surface area contributed by atoms with E-state index in [9.17, 15) is 18.0 Å². The standard InChI is InChI=1S/C13H9F3N2O2S/c14-13(15,16)11-10(21-7-17-11)12(19)18-5-6-20-9-4-2-1-3-8(9)18/h1-4,7H,5-6H2. The molecule has 0 fully saturated rings. The molecule has 1 amide bonds. The lowest BCUT2D eigenvalue weighted by molar-refractivity contribution is -0.141. The number of ether oxygens (including phenoxy) is 1. The SMILES string of the molecule is O=C(c1scnc1C(F)(F)F)N1CCOc2ccccc21. The van der Waals surface area contributed by atoms with Crippen LogP contribution in [0.4, 0.5) is 18.9 Å². The number of aromatic nitrogens is 1. The molecule has 4 nitrogen and oxygen atoms in total. The zero-order chi connectivity index (χ0) is 15.0. The zero-order valence-corrected chi connectivity index (χ0v) is 11.4. The number of amides is 1. The van der Waals surface area contributed by atoms with E-state index in [2.05, 4.69) is 4.98 Å². The van der Waals surface area contributed by atoms with Gasteiger partial charge in [0.15, 0.2) is 5.69 Å². The van der Waals surface area contributed by atoms with E-state index in [1.807, 2.05) is 0 Å². The average Bonchev–Trinajstić information content (AvgIpc) is 2.95. The van der Waals surface area contributed by atoms with Gasteiger partial charge in [-0.2, -0.15) is 13.2 Å². The van der Waals surface area contributed by atoms with Crippen molar-refractivity contribution in [2.24, 2.45) is 0 Å². The third-order valence-corrected chi connectivity index (χ3v) is 3.82. The van der Waals surface area contributed by atoms with Crippen LogP contribution in [0.15, 0.2) is 29.8 Å². The van der Waals surface area contributed by atoms with Gasteiger partial charge in [-0.3, -0.25) is 4.79 Å². The number of carbonyl (C=O) groups excluding carboxylic acids is 1. The van der Waals surface area contributed by atoms with Crippen LogP contribution in [-0.4, -0.2) is 24.0 Å². The summed E-state index contributed by atoms with van der Waals surface area (Å²) in [5.41, 5.74) is 0.360. The molecule has 0 N–H and O–H groups in total. The molecule has 3 rings (SSSR count). The Morgan fingerprint density at radius 3 is 2.86 bits per heavy atom. The summed E-state index contributed by atoms with van der Waals surface area (Å²) in [6.45, 7) is 0.438. The van der Waals surface area contributed by atoms with E-state index in [0.29, 0.717) is 22.8 Å². The number of nitrogens with zero attached hydrogens (tertiary/aromatic N) is 2. The van der Waals surface area contributed by atoms with Gasteiger partial charge in [0, 0.05) is 0 Å². The number of thiazole rings is 1. The van der Waals surface area contributed by atoms with Crippen molar-refractivity contribution in [1.29, 1.82) is 0 Å². The van der Waals surface area contributed by atoms with Gasteiger partial charge < -0.3 is 9.64 Å². The fourth-order valence-electron chi connectivity index (χ4n) is 2.10. The number of hydrogen-bond acceptors (Lipinski definition) is 4. The maximum atomic E-state index is 12.9. The van der Waals surface area contributed by atoms with Gasteiger partial charge in [-0.05, 0) is 12.1 Å². The maximum Gasteiger partial charge on any atom is 0.434 e. The highest BCUT2D eigenvalue weighted by Gasteiger charge is 2.40. The molecule has 2 aromatic rings. The molecule has 0 saturated heterocycles. The van der Waals surface area contributed by atoms with Crippen molar-refractivity contribution in [2.45, 2.75) is 6.18 Å². The number of anilines is 1. The van der Waals surface area contributed by atoms with E-state index in [-0.39, 0.29) is 13.2 Å². The van der Waals surface area contributed by atoms with Crippen molar-refractivity contribution < 1.29 is 22.7 Å². The number of rotatable bonds is 1. The predicted octanol–water partition coefficient (Wildman–Crippen LogP) is 3.20. The van der Waals surface area contributed by atoms with E-state index in [1.165, 1.54) is 4.90 Å². The normalized spacial score (nSPS) is 14.5. The molecule has 8 heteroatoms. The zero-order valence-electron chi connectivity index (χ0n) is 10.6. The molecule has 0 saturated carbocycles. The van der Waals surface area contributed by atoms with Gasteiger partial charge in [0.25, 0.3) is 5.91 Å². The summed E-state index contributed by atoms with van der Waals surface area (Å²) >= 11 is 0.690. The molecule has 21 heavy (non-hydrogen) atoms. The summed E-state index contributed by atoms with van der Waals surface area (Å²) in [4.78, 5) is 16.6. The molecule has 1 aromatic carbocycles. The van der Waals surface area contributed by atoms with Crippen molar-refractivity contribution >= 4 is 22.9 Å². The number of fused-ring (bicyclic) bond motifs is 1. The number of carbonyl (C=O) groups is 1. The van der Waals surface area contributed by atoms with Crippen LogP contribution >= 0.6 is 11.3 Å². The molecule has 110 valence electrons. The lowest BCUT2D eigenvalue weighted by Crippen LogP contribution is -2.38. The molecule has 0 atom stereocenters. The first-order valence-electron chi connectivity index (χ1n) is 6.03. The summed E-state index contributed by atoms with van der Waals surface area (Å²) in [5.74, 6) is -0.226. The van der Waals surface area contributed by atoms with Gasteiger partial charge in [0.05, 0.1) is 17.7 Å². The van der Waals surface area contributed by atoms with Crippen LogP contribution in [0.3, 0.4) is 0 Å². The van der Waals surface area contributed by atoms with Crippen LogP contribution in [0.1, 0.15) is 15.4 Å². The van der Waals surface area contributed by atoms with Crippen LogP contribution in [0.25, 0.3) is 0 Å². The molecule has 2 heterocycles. The number of halogens is 3. The van der Waals surface area contributed by atoms with Gasteiger partial charge >= 0.3 is 6.18 Å². The second kappa shape index (κ2) is 5.03. The second-order valence-electron chi connectivity index (χ2n) is 4.30. The number of para-hydroxylation sites is 2. The van der Waals surface area contributed by atoms with Crippen molar-refractivity contribution in [3.05, 3.63) is 40.3 Å². The maximum absolute atomic E-state index is 12.9. The summed E-state index contributed by atoms with van der Waals surface area (Å²) < 4.78 is 44.0. The highest BCUT2D eigenvalue weighted by atomic mass is 32.1. The average molecular weight is 314 g/mol. The quantitative estimate of drug-likeness (QED) is 0.812. The van der Waals surface area contributed by atoms with Crippen molar-refractivity contribution in [2.75, 3.05) is 18.1 Å². The summed E-state index contributed by atoms with van der Waals surface area (Å²) in [6.07, 6.45) is -4.64. The molecular formula is C13H9F3N2O2S. The van der Waals surface area contributed by atoms with Crippen LogP contribution in [0.2, 0.25) is 0 Å². The van der Waals surface area contributed by atoms with Crippen molar-refractivity contribution in [1.82, 2.24) is 4.98 Å². The van der Waals surface area contributed by atoms with Crippen molar-refractivity contribution in [3.63, 3.8) is 0 Å². The topological polar surface area (TPSA) is 42.4 Å². The Morgan fingerprint density at radius 1 is 1.33 bits per heavy atom. The van der Waals surface area contributed by atoms with Gasteiger partial charge in [-0.1, -0.05) is 12.1 Å². The number of alkyl halides is 3. The molecule has 0 aliphatic carbocycles. The lowest BCUT2D eigenvalue weighted by atomic mass is 10.2. The molecule has 0 bridgehead atoms. The molecule has 1 aliphatic heterocycles. The smallest absolute Gasteiger partial charge is 0.434 e. The Labute approximate surface area is 121 Å². The first-order valence-corrected chi connectivity index (χ1v) is 6.91. The summed E-state index contributed by atoms with van der Waals surface area (Å²) in [5, 5.41) is 0. The Hall–Kier alpha value is -2.09. The molecule has 1 aromatic heterocycles. The molecule has 0 spiro atoms. The van der Waals surface area contributed by atoms with Crippen LogP contribution in [0.5, 0.6) is 5.75 Å². The second-order valence-corrected chi connectivity index (χ2v) is 5.16. The monoisotopic (exact) mass is 314 g/mol. The Kier molecular flexibility index (Phi) is 3.32. The third kappa shape index (κ3) is 2.46. The summed E-state index contributed by atoms with van der Waals surface area (Å²) in [7, 11) is 0. The molecular weight excluding hydrogens is 305 g/mol. The molecule has 0 unspecified atom stereocenters. The third-order valence-electron chi connectivity index (χ3n) is 3.00. The minimum Gasteiger partial charge on any atom is -0.490 e. The Balaban J connectivity index is 2.00. The summed E-state index contributed by atoms with van der Waals surface area (Å²) in [6, 6.07) is 6.75. The van der Waals surface area contributed by atoms with Gasteiger partial charge in [-0.25, -0.2) is 4.98 Å². The van der Waals surface area contributed by atoms with Gasteiger partial charge in [-0.15, -0.1) is 11.3 Å². The minimum absolute atomic E-state index is 0.199. The van der Waals surface area contributed by atoms with Gasteiger partial charge in [0.1, 0.15) is 17.2 Å². The first-order chi connectivity index (χ1) is 9.98. The minimum atomic E-state index is -4.64. The molecule has 1 aliphatic rings. The largest absolute Gasteiger partial charge is 0.490 e. The van der Waals surface area contributed by atoms with Crippen molar-refractivity contribution in [3.8, 4) is 5.75 Å². The van der Waals surface area contributed by atoms with Gasteiger partial charge in [0.2, 0.25) is 0 Å². The fraction of sp³-hybridized carbons (Fsp3) is 0.231. The Bertz CT molecular complexity index is 684. The lowest BCUT2D eigenvalue weighted by Gasteiger charge is -2.29. The van der Waals surface area contributed by atoms with Crippen LogP contribution in [-0.2, 0) is 6.18 Å². The molecule has 0 radical (unpaired) electrons. The van der Waals surface area contributed by atoms with E-state index < -0.39 is 22.7 Å². The first kappa shape index (κ1) is 13.9. The highest BCUT2D eigenvalue weighted by Crippen LogP contribution is 2.36. The fourth-order valence-corrected chi connectivity index (χ4v) is 2.86. The van der Waals surface area contributed by atoms with E-state index in [0.717, 1.165) is 5.51 Å². The van der Waals surface area contributed by atoms with E-state index >= 15 is 0 Å². The number of hydrogen-bond donors (Lipinski definition) is 0. The number of benzene rings is 1. The van der Waals surface area contributed by atoms with Crippen LogP contribution < -0.4 is 9.64 Å².